The number of aromatic nitrogens is 2. The van der Waals surface area contributed by atoms with E-state index in [1.807, 2.05) is 0 Å². The third kappa shape index (κ3) is 2.88. The lowest BCUT2D eigenvalue weighted by atomic mass is 10.1. The van der Waals surface area contributed by atoms with Crippen molar-refractivity contribution in [2.24, 2.45) is 0 Å². The normalized spacial score (nSPS) is 12.1. The Kier molecular flexibility index (Phi) is 3.97. The van der Waals surface area contributed by atoms with E-state index in [9.17, 15) is 9.18 Å². The number of hydrogen-bond acceptors (Lipinski definition) is 3. The van der Waals surface area contributed by atoms with E-state index in [1.165, 1.54) is 11.0 Å². The number of H-pyrrole nitrogens is 1. The van der Waals surface area contributed by atoms with Gasteiger partial charge in [-0.1, -0.05) is 18.2 Å². The number of nitrogens with zero attached hydrogens (tertiary/aromatic N) is 2. The van der Waals surface area contributed by atoms with Crippen LogP contribution in [-0.4, -0.2) is 28.1 Å². The van der Waals surface area contributed by atoms with Crippen molar-refractivity contribution in [3.63, 3.8) is 0 Å². The van der Waals surface area contributed by atoms with Crippen molar-refractivity contribution in [3.05, 3.63) is 65.8 Å². The van der Waals surface area contributed by atoms with Crippen molar-refractivity contribution in [1.82, 2.24) is 15.1 Å². The van der Waals surface area contributed by atoms with Crippen molar-refractivity contribution in [1.29, 1.82) is 0 Å². The van der Waals surface area contributed by atoms with Gasteiger partial charge in [-0.2, -0.15) is 5.10 Å². The average Bonchev–Trinajstić information content (AvgIpc) is 3.24. The van der Waals surface area contributed by atoms with E-state index in [4.69, 9.17) is 4.42 Å². The molecule has 3 rings (SSSR count). The number of aromatic amines is 1. The number of furan rings is 1. The van der Waals surface area contributed by atoms with E-state index in [0.717, 1.165) is 0 Å². The maximum Gasteiger partial charge on any atom is 0.274 e. The van der Waals surface area contributed by atoms with Gasteiger partial charge in [-0.25, -0.2) is 4.39 Å². The standard InChI is InChI=1S/C17H16FN3O2/c1-11(12-6-3-4-7-13(12)18)21(2)17(22)15-10-14(19-20-15)16-8-5-9-23-16/h3-11H,1-2H3,(H,19,20). The fraction of sp³-hybridized carbons (Fsp3) is 0.176. The Morgan fingerprint density at radius 3 is 2.78 bits per heavy atom. The second-order valence-electron chi connectivity index (χ2n) is 5.26. The molecule has 5 nitrogen and oxygen atoms in total. The second kappa shape index (κ2) is 6.08. The van der Waals surface area contributed by atoms with Crippen LogP contribution in [0.5, 0.6) is 0 Å². The van der Waals surface area contributed by atoms with E-state index < -0.39 is 6.04 Å². The summed E-state index contributed by atoms with van der Waals surface area (Å²) in [7, 11) is 1.63. The summed E-state index contributed by atoms with van der Waals surface area (Å²) in [5, 5.41) is 6.79. The molecule has 2 heterocycles. The predicted molar refractivity (Wildman–Crippen MR) is 83.2 cm³/mol. The third-order valence-electron chi connectivity index (χ3n) is 3.84. The van der Waals surface area contributed by atoms with Crippen molar-refractivity contribution in [2.45, 2.75) is 13.0 Å². The van der Waals surface area contributed by atoms with E-state index in [1.54, 1.807) is 56.6 Å². The molecule has 0 aliphatic rings. The molecule has 6 heteroatoms. The summed E-state index contributed by atoms with van der Waals surface area (Å²) >= 11 is 0. The molecular weight excluding hydrogens is 297 g/mol. The summed E-state index contributed by atoms with van der Waals surface area (Å²) < 4.78 is 19.1. The Bertz CT molecular complexity index is 811. The van der Waals surface area contributed by atoms with Crippen LogP contribution in [0.1, 0.15) is 29.0 Å². The van der Waals surface area contributed by atoms with Gasteiger partial charge >= 0.3 is 0 Å². The quantitative estimate of drug-likeness (QED) is 0.800. The van der Waals surface area contributed by atoms with Gasteiger partial charge in [0.2, 0.25) is 0 Å². The zero-order valence-corrected chi connectivity index (χ0v) is 12.8. The number of carbonyl (C=O) groups excluding carboxylic acids is 1. The Hall–Kier alpha value is -2.89. The van der Waals surface area contributed by atoms with Crippen molar-refractivity contribution < 1.29 is 13.6 Å². The van der Waals surface area contributed by atoms with Crippen molar-refractivity contribution in [3.8, 4) is 11.5 Å². The van der Waals surface area contributed by atoms with Crippen molar-refractivity contribution in [2.75, 3.05) is 7.05 Å². The molecule has 0 fully saturated rings. The minimum atomic E-state index is -0.410. The molecule has 1 unspecified atom stereocenters. The Balaban J connectivity index is 1.81. The molecule has 118 valence electrons. The Labute approximate surface area is 132 Å². The van der Waals surface area contributed by atoms with Crippen LogP contribution in [-0.2, 0) is 0 Å². The molecule has 3 aromatic rings. The SMILES string of the molecule is CC(c1ccccc1F)N(C)C(=O)c1cc(-c2ccco2)[nH]n1. The Morgan fingerprint density at radius 1 is 1.30 bits per heavy atom. The highest BCUT2D eigenvalue weighted by molar-refractivity contribution is 5.93. The number of nitrogens with one attached hydrogen (secondary N) is 1. The lowest BCUT2D eigenvalue weighted by Gasteiger charge is -2.24. The van der Waals surface area contributed by atoms with Crippen molar-refractivity contribution >= 4 is 5.91 Å². The molecule has 1 amide bonds. The lowest BCUT2D eigenvalue weighted by Crippen LogP contribution is -2.30. The molecule has 1 atom stereocenters. The number of halogens is 1. The first-order valence-electron chi connectivity index (χ1n) is 7.19. The fourth-order valence-electron chi connectivity index (χ4n) is 2.37. The fourth-order valence-corrected chi connectivity index (χ4v) is 2.37. The van der Waals surface area contributed by atoms with Gasteiger partial charge in [-0.15, -0.1) is 0 Å². The van der Waals surface area contributed by atoms with Gasteiger partial charge in [0, 0.05) is 18.7 Å². The minimum absolute atomic E-state index is 0.252. The summed E-state index contributed by atoms with van der Waals surface area (Å²) in [6.45, 7) is 1.77. The predicted octanol–water partition coefficient (Wildman–Crippen LogP) is 3.64. The molecule has 1 aromatic carbocycles. The van der Waals surface area contributed by atoms with Gasteiger partial charge < -0.3 is 9.32 Å². The molecule has 0 saturated heterocycles. The van der Waals surface area contributed by atoms with Gasteiger partial charge in [0.25, 0.3) is 5.91 Å². The van der Waals surface area contributed by atoms with Crippen LogP contribution in [0.2, 0.25) is 0 Å². The van der Waals surface area contributed by atoms with Gasteiger partial charge in [0.05, 0.1) is 12.3 Å². The van der Waals surface area contributed by atoms with Crippen LogP contribution in [0.4, 0.5) is 4.39 Å². The summed E-state index contributed by atoms with van der Waals surface area (Å²) in [5.41, 5.74) is 1.33. The summed E-state index contributed by atoms with van der Waals surface area (Å²) in [5.74, 6) is -0.0332. The molecule has 0 aliphatic carbocycles. The molecule has 23 heavy (non-hydrogen) atoms. The molecular formula is C17H16FN3O2. The first-order chi connectivity index (χ1) is 11.1. The highest BCUT2D eigenvalue weighted by atomic mass is 19.1. The minimum Gasteiger partial charge on any atom is -0.463 e. The summed E-state index contributed by atoms with van der Waals surface area (Å²) in [6.07, 6.45) is 1.55. The highest BCUT2D eigenvalue weighted by Crippen LogP contribution is 2.24. The molecule has 0 bridgehead atoms. The number of rotatable bonds is 4. The molecule has 0 spiro atoms. The number of benzene rings is 1. The molecule has 0 radical (unpaired) electrons. The smallest absolute Gasteiger partial charge is 0.274 e. The van der Waals surface area contributed by atoms with Gasteiger partial charge in [-0.3, -0.25) is 9.89 Å². The molecule has 0 aliphatic heterocycles. The summed E-state index contributed by atoms with van der Waals surface area (Å²) in [4.78, 5) is 14.0. The van der Waals surface area contributed by atoms with E-state index in [0.29, 0.717) is 17.0 Å². The van der Waals surface area contributed by atoms with E-state index in [2.05, 4.69) is 10.2 Å². The van der Waals surface area contributed by atoms with Crippen LogP contribution < -0.4 is 0 Å². The maximum absolute atomic E-state index is 13.9. The zero-order valence-electron chi connectivity index (χ0n) is 12.8. The largest absolute Gasteiger partial charge is 0.463 e. The van der Waals surface area contributed by atoms with Crippen LogP contribution in [0, 0.1) is 5.82 Å². The molecule has 1 N–H and O–H groups in total. The van der Waals surface area contributed by atoms with Crippen LogP contribution in [0.15, 0.2) is 53.1 Å². The maximum atomic E-state index is 13.9. The van der Waals surface area contributed by atoms with Crippen LogP contribution in [0.25, 0.3) is 11.5 Å². The zero-order chi connectivity index (χ0) is 16.4. The van der Waals surface area contributed by atoms with Gasteiger partial charge in [-0.05, 0) is 25.1 Å². The lowest BCUT2D eigenvalue weighted by molar-refractivity contribution is 0.0734. The molecule has 2 aromatic heterocycles. The van der Waals surface area contributed by atoms with E-state index >= 15 is 0 Å². The third-order valence-corrected chi connectivity index (χ3v) is 3.84. The monoisotopic (exact) mass is 313 g/mol. The van der Waals surface area contributed by atoms with Crippen LogP contribution in [0.3, 0.4) is 0 Å². The molecule has 0 saturated carbocycles. The van der Waals surface area contributed by atoms with E-state index in [-0.39, 0.29) is 17.4 Å². The first kappa shape index (κ1) is 15.0. The second-order valence-corrected chi connectivity index (χ2v) is 5.26. The first-order valence-corrected chi connectivity index (χ1v) is 7.19. The number of carbonyl (C=O) groups is 1. The number of hydrogen-bond donors (Lipinski definition) is 1. The van der Waals surface area contributed by atoms with Gasteiger partial charge in [0.15, 0.2) is 11.5 Å². The van der Waals surface area contributed by atoms with Crippen LogP contribution >= 0.6 is 0 Å². The average molecular weight is 313 g/mol. The number of amides is 1. The summed E-state index contributed by atoms with van der Waals surface area (Å²) in [6, 6.07) is 11.2. The topological polar surface area (TPSA) is 62.1 Å². The Morgan fingerprint density at radius 2 is 2.09 bits per heavy atom. The highest BCUT2D eigenvalue weighted by Gasteiger charge is 2.23. The van der Waals surface area contributed by atoms with Gasteiger partial charge in [0.1, 0.15) is 11.5 Å².